The smallest absolute Gasteiger partial charge is 0.326 e. The van der Waals surface area contributed by atoms with Crippen molar-refractivity contribution in [2.75, 3.05) is 30.6 Å². The van der Waals surface area contributed by atoms with Gasteiger partial charge in [0.2, 0.25) is 29.5 Å². The van der Waals surface area contributed by atoms with Gasteiger partial charge in [0.25, 0.3) is 0 Å². The molecule has 1 heterocycles. The summed E-state index contributed by atoms with van der Waals surface area (Å²) in [6, 6.07) is 0.428. The van der Waals surface area contributed by atoms with Crippen molar-refractivity contribution in [3.63, 3.8) is 0 Å². The number of carboxylic acids is 2. The molecule has 1 aromatic heterocycles. The molecule has 0 spiro atoms. The number of nitrogens with two attached hydrogens (primary N) is 2. The summed E-state index contributed by atoms with van der Waals surface area (Å²) in [5, 5.41) is 33.0. The Kier molecular flexibility index (Phi) is 21.4. The number of nitrogens with one attached hydrogen (secondary N) is 6. The van der Waals surface area contributed by atoms with Crippen LogP contribution in [0.4, 0.5) is 0 Å². The summed E-state index contributed by atoms with van der Waals surface area (Å²) in [6.07, 6.45) is 6.13. The van der Waals surface area contributed by atoms with Crippen LogP contribution in [0.25, 0.3) is 10.9 Å². The zero-order valence-corrected chi connectivity index (χ0v) is 34.1. The summed E-state index contributed by atoms with van der Waals surface area (Å²) in [6.45, 7) is 3.68. The molecule has 0 aliphatic heterocycles. The van der Waals surface area contributed by atoms with Crippen molar-refractivity contribution in [2.45, 2.75) is 101 Å². The fraction of sp³-hybridized carbons (Fsp3) is 0.595. The predicted octanol–water partition coefficient (Wildman–Crippen LogP) is 0.702. The van der Waals surface area contributed by atoms with Gasteiger partial charge < -0.3 is 53.2 Å². The first kappa shape index (κ1) is 47.8. The number of aromatic nitrogens is 1. The number of unbranched alkanes of at least 4 members (excludes halogenated alkanes) is 1. The highest BCUT2D eigenvalue weighted by molar-refractivity contribution is 7.98. The molecule has 0 aliphatic carbocycles. The number of rotatable bonds is 27. The van der Waals surface area contributed by atoms with Crippen LogP contribution >= 0.6 is 23.5 Å². The Balaban J connectivity index is 2.25. The Morgan fingerprint density at radius 2 is 1.25 bits per heavy atom. The van der Waals surface area contributed by atoms with Gasteiger partial charge in [-0.15, -0.1) is 0 Å². The molecule has 0 unspecified atom stereocenters. The molecule has 2 rings (SSSR count). The zero-order valence-electron chi connectivity index (χ0n) is 32.4. The van der Waals surface area contributed by atoms with E-state index in [1.165, 1.54) is 23.5 Å². The number of para-hydroxylation sites is 1. The van der Waals surface area contributed by atoms with Crippen molar-refractivity contribution in [2.24, 2.45) is 17.4 Å². The van der Waals surface area contributed by atoms with Crippen LogP contribution in [-0.2, 0) is 40.0 Å². The largest absolute Gasteiger partial charge is 0.481 e. The summed E-state index contributed by atoms with van der Waals surface area (Å²) in [5.41, 5.74) is 13.6. The molecule has 0 saturated heterocycles. The molecule has 6 atom stereocenters. The van der Waals surface area contributed by atoms with Crippen LogP contribution in [0.3, 0.4) is 0 Å². The number of benzene rings is 1. The monoisotopic (exact) mass is 822 g/mol. The van der Waals surface area contributed by atoms with Gasteiger partial charge in [-0.25, -0.2) is 4.79 Å². The van der Waals surface area contributed by atoms with Crippen LogP contribution in [0.1, 0.15) is 64.4 Å². The number of thioether (sulfide) groups is 2. The van der Waals surface area contributed by atoms with E-state index in [2.05, 4.69) is 31.6 Å². The molecule has 0 radical (unpaired) electrons. The number of carbonyl (C=O) groups excluding carboxylic acids is 5. The summed E-state index contributed by atoms with van der Waals surface area (Å²) < 4.78 is 0. The number of carbonyl (C=O) groups is 7. The van der Waals surface area contributed by atoms with Crippen LogP contribution in [0.5, 0.6) is 0 Å². The van der Waals surface area contributed by atoms with E-state index in [9.17, 15) is 43.8 Å². The molecule has 56 heavy (non-hydrogen) atoms. The number of carboxylic acid groups (broad SMARTS) is 2. The summed E-state index contributed by atoms with van der Waals surface area (Å²) in [7, 11) is 0. The number of fused-ring (bicyclic) bond motifs is 1. The molecule has 12 N–H and O–H groups in total. The summed E-state index contributed by atoms with van der Waals surface area (Å²) in [4.78, 5) is 94.1. The molecular weight excluding hydrogens is 765 g/mol. The number of H-pyrrole nitrogens is 1. The van der Waals surface area contributed by atoms with E-state index < -0.39 is 90.1 Å². The highest BCUT2D eigenvalue weighted by Crippen LogP contribution is 2.19. The standard InChI is InChI=1S/C37H58N8O9S2/c1-21(2)31(36(52)44-29(37(53)54)15-18-56-4)45-35(51)28(14-17-55-3)43-34(50)27(12-13-30(46)47)42-33(49)26(11-7-8-16-38)41-32(48)24(39)19-22-20-40-25-10-6-5-9-23(22)25/h5-6,9-10,20-21,24,26-29,31,40H,7-8,11-19,38-39H2,1-4H3,(H,41,48)(H,42,49)(H,43,50)(H,44,52)(H,45,51)(H,46,47)(H,53,54)/t24-,26-,27-,28-,29+,31-/m0/s1. The molecule has 0 bridgehead atoms. The second-order valence-corrected chi connectivity index (χ2v) is 15.7. The van der Waals surface area contributed by atoms with Gasteiger partial charge in [0.05, 0.1) is 6.04 Å². The zero-order chi connectivity index (χ0) is 41.8. The van der Waals surface area contributed by atoms with Gasteiger partial charge in [0.1, 0.15) is 30.2 Å². The fourth-order valence-electron chi connectivity index (χ4n) is 5.80. The molecular formula is C37H58N8O9S2. The van der Waals surface area contributed by atoms with Crippen molar-refractivity contribution >= 4 is 75.9 Å². The van der Waals surface area contributed by atoms with Gasteiger partial charge >= 0.3 is 11.9 Å². The maximum atomic E-state index is 13.8. The van der Waals surface area contributed by atoms with Crippen molar-refractivity contribution in [1.82, 2.24) is 31.6 Å². The van der Waals surface area contributed by atoms with Crippen molar-refractivity contribution in [3.8, 4) is 0 Å². The number of aromatic amines is 1. The topological polar surface area (TPSA) is 288 Å². The Morgan fingerprint density at radius 1 is 0.714 bits per heavy atom. The Morgan fingerprint density at radius 3 is 1.82 bits per heavy atom. The van der Waals surface area contributed by atoms with E-state index >= 15 is 0 Å². The molecule has 0 saturated carbocycles. The molecule has 0 aliphatic rings. The molecule has 0 fully saturated rings. The van der Waals surface area contributed by atoms with Crippen molar-refractivity contribution in [1.29, 1.82) is 0 Å². The summed E-state index contributed by atoms with van der Waals surface area (Å²) >= 11 is 2.82. The van der Waals surface area contributed by atoms with Gasteiger partial charge in [-0.05, 0) is 93.1 Å². The van der Waals surface area contributed by atoms with Crippen LogP contribution in [-0.4, -0.2) is 123 Å². The fourth-order valence-corrected chi connectivity index (χ4v) is 6.74. The first-order valence-electron chi connectivity index (χ1n) is 18.6. The van der Waals surface area contributed by atoms with Gasteiger partial charge in [0.15, 0.2) is 0 Å². The van der Waals surface area contributed by atoms with Crippen molar-refractivity contribution in [3.05, 3.63) is 36.0 Å². The Labute approximate surface area is 335 Å². The van der Waals surface area contributed by atoms with Gasteiger partial charge in [-0.1, -0.05) is 32.0 Å². The van der Waals surface area contributed by atoms with E-state index in [-0.39, 0.29) is 32.1 Å². The number of amides is 5. The molecule has 2 aromatic rings. The van der Waals surface area contributed by atoms with E-state index in [1.807, 2.05) is 30.5 Å². The van der Waals surface area contributed by atoms with Gasteiger partial charge in [-0.2, -0.15) is 23.5 Å². The van der Waals surface area contributed by atoms with Crippen molar-refractivity contribution < 1.29 is 43.8 Å². The molecule has 1 aromatic carbocycles. The van der Waals surface area contributed by atoms with E-state index in [4.69, 9.17) is 11.5 Å². The SMILES string of the molecule is CSCC[C@H](NC(=O)[C@H](CCC(=O)O)NC(=O)[C@H](CCCCN)NC(=O)[C@@H](N)Cc1c[nH]c2ccccc12)C(=O)N[C@H](C(=O)N[C@H](CCSC)C(=O)O)C(C)C. The van der Waals surface area contributed by atoms with Crippen LogP contribution in [0.2, 0.25) is 0 Å². The van der Waals surface area contributed by atoms with Gasteiger partial charge in [-0.3, -0.25) is 28.8 Å². The van der Waals surface area contributed by atoms with E-state index in [0.717, 1.165) is 16.5 Å². The van der Waals surface area contributed by atoms with Crippen LogP contribution in [0, 0.1) is 5.92 Å². The number of hydrogen-bond acceptors (Lipinski definition) is 11. The molecule has 312 valence electrons. The lowest BCUT2D eigenvalue weighted by molar-refractivity contribution is -0.142. The second-order valence-electron chi connectivity index (χ2n) is 13.8. The molecule has 17 nitrogen and oxygen atoms in total. The predicted molar refractivity (Wildman–Crippen MR) is 218 cm³/mol. The summed E-state index contributed by atoms with van der Waals surface area (Å²) in [5.74, 6) is -5.65. The lowest BCUT2D eigenvalue weighted by atomic mass is 10.0. The lowest BCUT2D eigenvalue weighted by Gasteiger charge is -2.28. The Hall–Kier alpha value is -4.33. The minimum Gasteiger partial charge on any atom is -0.481 e. The minimum atomic E-state index is -1.42. The first-order valence-corrected chi connectivity index (χ1v) is 21.4. The highest BCUT2D eigenvalue weighted by Gasteiger charge is 2.34. The van der Waals surface area contributed by atoms with Crippen LogP contribution in [0.15, 0.2) is 30.5 Å². The Bertz CT molecular complexity index is 1620. The first-order chi connectivity index (χ1) is 26.6. The third-order valence-corrected chi connectivity index (χ3v) is 10.3. The highest BCUT2D eigenvalue weighted by atomic mass is 32.2. The maximum Gasteiger partial charge on any atom is 0.326 e. The van der Waals surface area contributed by atoms with Gasteiger partial charge in [0, 0.05) is 23.5 Å². The number of aliphatic carboxylic acids is 2. The third-order valence-electron chi connectivity index (χ3n) is 9.03. The average Bonchev–Trinajstić information content (AvgIpc) is 3.56. The normalized spacial score (nSPS) is 14.5. The lowest BCUT2D eigenvalue weighted by Crippen LogP contribution is -2.60. The minimum absolute atomic E-state index is 0.113. The number of hydrogen-bond donors (Lipinski definition) is 10. The van der Waals surface area contributed by atoms with Crippen LogP contribution < -0.4 is 38.1 Å². The second kappa shape index (κ2) is 25.0. The maximum absolute atomic E-state index is 13.8. The van der Waals surface area contributed by atoms with E-state index in [0.29, 0.717) is 30.9 Å². The average molecular weight is 823 g/mol. The quantitative estimate of drug-likeness (QED) is 0.0557. The molecule has 19 heteroatoms. The van der Waals surface area contributed by atoms with E-state index in [1.54, 1.807) is 26.3 Å². The third kappa shape index (κ3) is 16.0. The molecule has 5 amide bonds.